The van der Waals surface area contributed by atoms with E-state index in [0.29, 0.717) is 12.2 Å². The molecule has 20 heavy (non-hydrogen) atoms. The monoisotopic (exact) mass is 279 g/mol. The second-order valence-electron chi connectivity index (χ2n) is 4.84. The first-order chi connectivity index (χ1) is 9.42. The van der Waals surface area contributed by atoms with Crippen molar-refractivity contribution in [2.75, 3.05) is 0 Å². The maximum absolute atomic E-state index is 12.0. The number of aliphatic carboxylic acids is 1. The largest absolute Gasteiger partial charge is 0.481 e. The molecule has 110 valence electrons. The van der Waals surface area contributed by atoms with E-state index in [1.165, 1.54) is 0 Å². The molecule has 5 heteroatoms. The molecular formula is C15H21NO4. The zero-order valence-corrected chi connectivity index (χ0v) is 12.1. The van der Waals surface area contributed by atoms with Crippen molar-refractivity contribution >= 4 is 11.9 Å². The number of carbonyl (C=O) groups is 2. The van der Waals surface area contributed by atoms with Crippen molar-refractivity contribution in [2.45, 2.75) is 45.8 Å². The van der Waals surface area contributed by atoms with E-state index in [0.717, 1.165) is 5.56 Å². The first-order valence-corrected chi connectivity index (χ1v) is 6.67. The summed E-state index contributed by atoms with van der Waals surface area (Å²) in [6.45, 7) is 5.45. The molecule has 0 aliphatic rings. The predicted octanol–water partition coefficient (Wildman–Crippen LogP) is 2.13. The Morgan fingerprint density at radius 1 is 1.40 bits per heavy atom. The Labute approximate surface area is 118 Å². The van der Waals surface area contributed by atoms with Crippen LogP contribution in [0.5, 0.6) is 5.75 Å². The van der Waals surface area contributed by atoms with Crippen LogP contribution in [0.25, 0.3) is 0 Å². The van der Waals surface area contributed by atoms with Gasteiger partial charge in [0.2, 0.25) is 0 Å². The molecule has 0 spiro atoms. The maximum Gasteiger partial charge on any atom is 0.305 e. The summed E-state index contributed by atoms with van der Waals surface area (Å²) < 4.78 is 5.65. The van der Waals surface area contributed by atoms with E-state index in [4.69, 9.17) is 9.84 Å². The highest BCUT2D eigenvalue weighted by molar-refractivity contribution is 5.82. The molecule has 2 atom stereocenters. The average molecular weight is 279 g/mol. The molecule has 0 heterocycles. The summed E-state index contributed by atoms with van der Waals surface area (Å²) in [5.41, 5.74) is 1.05. The number of hydrogen-bond donors (Lipinski definition) is 2. The normalized spacial score (nSPS) is 13.3. The van der Waals surface area contributed by atoms with Gasteiger partial charge < -0.3 is 15.2 Å². The van der Waals surface area contributed by atoms with Crippen molar-refractivity contribution in [3.63, 3.8) is 0 Å². The summed E-state index contributed by atoms with van der Waals surface area (Å²) in [4.78, 5) is 22.6. The van der Waals surface area contributed by atoms with Crippen LogP contribution in [0.4, 0.5) is 0 Å². The number of carboxylic acid groups (broad SMARTS) is 1. The van der Waals surface area contributed by atoms with Crippen LogP contribution in [-0.2, 0) is 9.59 Å². The first kappa shape index (κ1) is 16.0. The molecular weight excluding hydrogens is 258 g/mol. The molecule has 0 radical (unpaired) electrons. The highest BCUT2D eigenvalue weighted by Gasteiger charge is 2.21. The van der Waals surface area contributed by atoms with Crippen LogP contribution >= 0.6 is 0 Å². The summed E-state index contributed by atoms with van der Waals surface area (Å²) in [5.74, 6) is -0.592. The van der Waals surface area contributed by atoms with Gasteiger partial charge in [-0.3, -0.25) is 9.59 Å². The Hall–Kier alpha value is -2.04. The van der Waals surface area contributed by atoms with E-state index < -0.39 is 18.1 Å². The van der Waals surface area contributed by atoms with Crippen LogP contribution in [0.2, 0.25) is 0 Å². The number of benzene rings is 1. The molecule has 2 unspecified atom stereocenters. The van der Waals surface area contributed by atoms with E-state index in [-0.39, 0.29) is 12.3 Å². The molecule has 0 saturated carbocycles. The Kier molecular flexibility index (Phi) is 6.03. The number of carboxylic acids is 1. The zero-order chi connectivity index (χ0) is 15.1. The van der Waals surface area contributed by atoms with Gasteiger partial charge in [0.05, 0.1) is 6.42 Å². The van der Waals surface area contributed by atoms with E-state index in [9.17, 15) is 9.59 Å². The standard InChI is InChI=1S/C15H21NO4/c1-4-13(15(19)16-11(3)9-14(17)18)20-12-7-5-6-10(2)8-12/h5-8,11,13H,4,9H2,1-3H3,(H,16,19)(H,17,18). The van der Waals surface area contributed by atoms with Gasteiger partial charge in [-0.1, -0.05) is 19.1 Å². The quantitative estimate of drug-likeness (QED) is 0.801. The molecule has 0 aliphatic carbocycles. The van der Waals surface area contributed by atoms with Crippen molar-refractivity contribution < 1.29 is 19.4 Å². The number of rotatable bonds is 7. The molecule has 1 rings (SSSR count). The fourth-order valence-corrected chi connectivity index (χ4v) is 1.82. The van der Waals surface area contributed by atoms with Crippen molar-refractivity contribution in [3.8, 4) is 5.75 Å². The summed E-state index contributed by atoms with van der Waals surface area (Å²) in [6.07, 6.45) is -0.209. The molecule has 0 saturated heterocycles. The van der Waals surface area contributed by atoms with Crippen molar-refractivity contribution in [2.24, 2.45) is 0 Å². The summed E-state index contributed by atoms with van der Waals surface area (Å²) in [5, 5.41) is 11.3. The van der Waals surface area contributed by atoms with Crippen LogP contribution < -0.4 is 10.1 Å². The molecule has 5 nitrogen and oxygen atoms in total. The molecule has 0 fully saturated rings. The van der Waals surface area contributed by atoms with Crippen molar-refractivity contribution in [1.82, 2.24) is 5.32 Å². The summed E-state index contributed by atoms with van der Waals surface area (Å²) in [7, 11) is 0. The summed E-state index contributed by atoms with van der Waals surface area (Å²) >= 11 is 0. The molecule has 0 aliphatic heterocycles. The van der Waals surface area contributed by atoms with Gasteiger partial charge in [-0.25, -0.2) is 0 Å². The van der Waals surface area contributed by atoms with E-state index in [1.807, 2.05) is 32.0 Å². The number of amides is 1. The van der Waals surface area contributed by atoms with Crippen molar-refractivity contribution in [1.29, 1.82) is 0 Å². The molecule has 1 aromatic carbocycles. The van der Waals surface area contributed by atoms with Gasteiger partial charge in [-0.2, -0.15) is 0 Å². The Bertz CT molecular complexity index is 473. The third-order valence-corrected chi connectivity index (χ3v) is 2.80. The average Bonchev–Trinajstić information content (AvgIpc) is 2.34. The minimum atomic E-state index is -0.939. The highest BCUT2D eigenvalue weighted by atomic mass is 16.5. The lowest BCUT2D eigenvalue weighted by molar-refractivity contribution is -0.137. The first-order valence-electron chi connectivity index (χ1n) is 6.67. The topological polar surface area (TPSA) is 75.6 Å². The number of carbonyl (C=O) groups excluding carboxylic acids is 1. The lowest BCUT2D eigenvalue weighted by atomic mass is 10.2. The Morgan fingerprint density at radius 2 is 2.10 bits per heavy atom. The van der Waals surface area contributed by atoms with Gasteiger partial charge >= 0.3 is 5.97 Å². The third kappa shape index (κ3) is 5.30. The van der Waals surface area contributed by atoms with Gasteiger partial charge in [0.1, 0.15) is 5.75 Å². The Morgan fingerprint density at radius 3 is 2.65 bits per heavy atom. The minimum absolute atomic E-state index is 0.105. The Balaban J connectivity index is 2.61. The highest BCUT2D eigenvalue weighted by Crippen LogP contribution is 2.15. The van der Waals surface area contributed by atoms with Gasteiger partial charge in [0.25, 0.3) is 5.91 Å². The van der Waals surface area contributed by atoms with Crippen LogP contribution in [0, 0.1) is 6.92 Å². The van der Waals surface area contributed by atoms with Gasteiger partial charge in [0, 0.05) is 6.04 Å². The van der Waals surface area contributed by atoms with Gasteiger partial charge in [-0.15, -0.1) is 0 Å². The SMILES string of the molecule is CCC(Oc1cccc(C)c1)C(=O)NC(C)CC(=O)O. The van der Waals surface area contributed by atoms with E-state index >= 15 is 0 Å². The number of nitrogens with one attached hydrogen (secondary N) is 1. The van der Waals surface area contributed by atoms with Gasteiger partial charge in [0.15, 0.2) is 6.10 Å². The summed E-state index contributed by atoms with van der Waals surface area (Å²) in [6, 6.07) is 7.04. The third-order valence-electron chi connectivity index (χ3n) is 2.80. The lowest BCUT2D eigenvalue weighted by Gasteiger charge is -2.20. The molecule has 2 N–H and O–H groups in total. The van der Waals surface area contributed by atoms with Crippen LogP contribution in [0.3, 0.4) is 0 Å². The fourth-order valence-electron chi connectivity index (χ4n) is 1.82. The van der Waals surface area contributed by atoms with E-state index in [1.54, 1.807) is 13.0 Å². The van der Waals surface area contributed by atoms with Crippen molar-refractivity contribution in [3.05, 3.63) is 29.8 Å². The lowest BCUT2D eigenvalue weighted by Crippen LogP contribution is -2.43. The van der Waals surface area contributed by atoms with Crippen LogP contribution in [-0.4, -0.2) is 29.1 Å². The number of hydrogen-bond acceptors (Lipinski definition) is 3. The molecule has 1 amide bonds. The number of ether oxygens (including phenoxy) is 1. The molecule has 0 bridgehead atoms. The predicted molar refractivity (Wildman–Crippen MR) is 75.7 cm³/mol. The minimum Gasteiger partial charge on any atom is -0.481 e. The fraction of sp³-hybridized carbons (Fsp3) is 0.467. The molecule has 0 aromatic heterocycles. The zero-order valence-electron chi connectivity index (χ0n) is 12.1. The maximum atomic E-state index is 12.0. The van der Waals surface area contributed by atoms with E-state index in [2.05, 4.69) is 5.32 Å². The van der Waals surface area contributed by atoms with Gasteiger partial charge in [-0.05, 0) is 38.0 Å². The van der Waals surface area contributed by atoms with Crippen LogP contribution in [0.1, 0.15) is 32.3 Å². The molecule has 1 aromatic rings. The van der Waals surface area contributed by atoms with Crippen LogP contribution in [0.15, 0.2) is 24.3 Å². The number of aryl methyl sites for hydroxylation is 1. The second kappa shape index (κ2) is 7.53. The second-order valence-corrected chi connectivity index (χ2v) is 4.84. The smallest absolute Gasteiger partial charge is 0.305 e.